The normalized spacial score (nSPS) is 11.1. The molecule has 0 spiro atoms. The summed E-state index contributed by atoms with van der Waals surface area (Å²) in [4.78, 5) is 11.9. The third-order valence-corrected chi connectivity index (χ3v) is 2.67. The van der Waals surface area contributed by atoms with Crippen LogP contribution in [0.25, 0.3) is 21.9 Å². The number of fused-ring (bicyclic) bond motifs is 3. The lowest BCUT2D eigenvalue weighted by atomic mass is 10.2. The number of aromatic amines is 1. The molecule has 0 aliphatic heterocycles. The SMILES string of the molecule is COc1cc2[nH]c3nc(C)ccc3c2cn1. The van der Waals surface area contributed by atoms with E-state index in [1.807, 2.05) is 25.3 Å². The van der Waals surface area contributed by atoms with Crippen LogP contribution in [0.1, 0.15) is 5.69 Å². The van der Waals surface area contributed by atoms with E-state index in [1.165, 1.54) is 0 Å². The van der Waals surface area contributed by atoms with E-state index in [-0.39, 0.29) is 0 Å². The highest BCUT2D eigenvalue weighted by molar-refractivity contribution is 6.05. The molecule has 0 aliphatic carbocycles. The molecule has 3 aromatic rings. The molecule has 3 heterocycles. The standard InChI is InChI=1S/C12H11N3O/c1-7-3-4-8-9-6-13-11(16-2)5-10(9)15-12(8)14-7/h3-6H,1-2H3,(H,14,15). The highest BCUT2D eigenvalue weighted by atomic mass is 16.5. The molecule has 0 unspecified atom stereocenters. The zero-order chi connectivity index (χ0) is 11.1. The van der Waals surface area contributed by atoms with Crippen LogP contribution in [0.3, 0.4) is 0 Å². The number of H-pyrrole nitrogens is 1. The Labute approximate surface area is 92.3 Å². The van der Waals surface area contributed by atoms with Crippen molar-refractivity contribution in [2.75, 3.05) is 7.11 Å². The van der Waals surface area contributed by atoms with E-state index >= 15 is 0 Å². The van der Waals surface area contributed by atoms with Crippen LogP contribution in [0.5, 0.6) is 5.88 Å². The van der Waals surface area contributed by atoms with E-state index in [0.29, 0.717) is 5.88 Å². The smallest absolute Gasteiger partial charge is 0.215 e. The molecule has 16 heavy (non-hydrogen) atoms. The minimum Gasteiger partial charge on any atom is -0.481 e. The van der Waals surface area contributed by atoms with Gasteiger partial charge in [-0.15, -0.1) is 0 Å². The first kappa shape index (κ1) is 9.15. The van der Waals surface area contributed by atoms with Crippen molar-refractivity contribution < 1.29 is 4.74 Å². The molecule has 0 aliphatic rings. The van der Waals surface area contributed by atoms with Crippen molar-refractivity contribution in [2.45, 2.75) is 6.92 Å². The van der Waals surface area contributed by atoms with Crippen molar-refractivity contribution >= 4 is 21.9 Å². The van der Waals surface area contributed by atoms with Gasteiger partial charge in [0.2, 0.25) is 5.88 Å². The summed E-state index contributed by atoms with van der Waals surface area (Å²) in [5.74, 6) is 0.607. The van der Waals surface area contributed by atoms with Crippen molar-refractivity contribution in [3.8, 4) is 5.88 Å². The lowest BCUT2D eigenvalue weighted by Crippen LogP contribution is -1.85. The Bertz CT molecular complexity index is 672. The number of rotatable bonds is 1. The Hall–Kier alpha value is -2.10. The first-order valence-electron chi connectivity index (χ1n) is 5.07. The third kappa shape index (κ3) is 1.23. The van der Waals surface area contributed by atoms with E-state index in [4.69, 9.17) is 4.74 Å². The van der Waals surface area contributed by atoms with Gasteiger partial charge in [-0.3, -0.25) is 0 Å². The molecular weight excluding hydrogens is 202 g/mol. The monoisotopic (exact) mass is 213 g/mol. The summed E-state index contributed by atoms with van der Waals surface area (Å²) in [5.41, 5.74) is 2.89. The fourth-order valence-electron chi connectivity index (χ4n) is 1.86. The summed E-state index contributed by atoms with van der Waals surface area (Å²) in [7, 11) is 1.61. The highest BCUT2D eigenvalue weighted by Gasteiger charge is 2.06. The number of hydrogen-bond donors (Lipinski definition) is 1. The topological polar surface area (TPSA) is 50.8 Å². The summed E-state index contributed by atoms with van der Waals surface area (Å²) < 4.78 is 5.09. The zero-order valence-electron chi connectivity index (χ0n) is 9.11. The van der Waals surface area contributed by atoms with Crippen LogP contribution in [0, 0.1) is 6.92 Å². The lowest BCUT2D eigenvalue weighted by molar-refractivity contribution is 0.398. The van der Waals surface area contributed by atoms with Crippen LogP contribution in [0.2, 0.25) is 0 Å². The molecule has 0 radical (unpaired) electrons. The van der Waals surface area contributed by atoms with Crippen LogP contribution in [0.4, 0.5) is 0 Å². The van der Waals surface area contributed by atoms with Gasteiger partial charge in [0.1, 0.15) is 5.65 Å². The molecule has 1 N–H and O–H groups in total. The fraction of sp³-hybridized carbons (Fsp3) is 0.167. The van der Waals surface area contributed by atoms with Crippen molar-refractivity contribution in [1.82, 2.24) is 15.0 Å². The summed E-state index contributed by atoms with van der Waals surface area (Å²) in [6.45, 7) is 1.98. The summed E-state index contributed by atoms with van der Waals surface area (Å²) in [6, 6.07) is 5.94. The Kier molecular flexibility index (Phi) is 1.83. The second-order valence-electron chi connectivity index (χ2n) is 3.75. The van der Waals surface area contributed by atoms with Crippen LogP contribution in [-0.4, -0.2) is 22.1 Å². The summed E-state index contributed by atoms with van der Waals surface area (Å²) >= 11 is 0. The molecule has 3 aromatic heterocycles. The minimum atomic E-state index is 0.607. The Morgan fingerprint density at radius 2 is 2.12 bits per heavy atom. The molecule has 4 heteroatoms. The Balaban J connectivity index is 2.40. The van der Waals surface area contributed by atoms with E-state index in [2.05, 4.69) is 21.0 Å². The van der Waals surface area contributed by atoms with E-state index in [1.54, 1.807) is 7.11 Å². The Morgan fingerprint density at radius 3 is 2.94 bits per heavy atom. The number of aromatic nitrogens is 3. The Morgan fingerprint density at radius 1 is 1.25 bits per heavy atom. The van der Waals surface area contributed by atoms with Gasteiger partial charge in [-0.1, -0.05) is 0 Å². The zero-order valence-corrected chi connectivity index (χ0v) is 9.11. The maximum Gasteiger partial charge on any atom is 0.215 e. The minimum absolute atomic E-state index is 0.607. The molecule has 80 valence electrons. The van der Waals surface area contributed by atoms with Gasteiger partial charge in [0, 0.05) is 28.7 Å². The van der Waals surface area contributed by atoms with Gasteiger partial charge in [0.15, 0.2) is 0 Å². The molecule has 0 saturated carbocycles. The van der Waals surface area contributed by atoms with Crippen LogP contribution >= 0.6 is 0 Å². The molecule has 0 saturated heterocycles. The second-order valence-corrected chi connectivity index (χ2v) is 3.75. The van der Waals surface area contributed by atoms with Gasteiger partial charge in [0.05, 0.1) is 12.6 Å². The number of nitrogens with one attached hydrogen (secondary N) is 1. The quantitative estimate of drug-likeness (QED) is 0.675. The van der Waals surface area contributed by atoms with Gasteiger partial charge in [-0.25, -0.2) is 9.97 Å². The highest BCUT2D eigenvalue weighted by Crippen LogP contribution is 2.25. The van der Waals surface area contributed by atoms with Gasteiger partial charge >= 0.3 is 0 Å². The molecule has 3 rings (SSSR count). The number of pyridine rings is 2. The molecular formula is C12H11N3O. The maximum absolute atomic E-state index is 5.09. The molecule has 0 bridgehead atoms. The van der Waals surface area contributed by atoms with Gasteiger partial charge in [-0.2, -0.15) is 0 Å². The van der Waals surface area contributed by atoms with Gasteiger partial charge in [0.25, 0.3) is 0 Å². The number of ether oxygens (including phenoxy) is 1. The average Bonchev–Trinajstić information content (AvgIpc) is 2.64. The number of methoxy groups -OCH3 is 1. The van der Waals surface area contributed by atoms with E-state index < -0.39 is 0 Å². The predicted molar refractivity (Wildman–Crippen MR) is 62.7 cm³/mol. The van der Waals surface area contributed by atoms with Crippen LogP contribution in [0.15, 0.2) is 24.4 Å². The number of aryl methyl sites for hydroxylation is 1. The lowest BCUT2D eigenvalue weighted by Gasteiger charge is -1.96. The largest absolute Gasteiger partial charge is 0.481 e. The second kappa shape index (κ2) is 3.20. The first-order valence-corrected chi connectivity index (χ1v) is 5.07. The van der Waals surface area contributed by atoms with Crippen LogP contribution < -0.4 is 4.74 Å². The van der Waals surface area contributed by atoms with Crippen LogP contribution in [-0.2, 0) is 0 Å². The number of hydrogen-bond acceptors (Lipinski definition) is 3. The van der Waals surface area contributed by atoms with Gasteiger partial charge < -0.3 is 9.72 Å². The van der Waals surface area contributed by atoms with E-state index in [9.17, 15) is 0 Å². The van der Waals surface area contributed by atoms with E-state index in [0.717, 1.165) is 27.6 Å². The third-order valence-electron chi connectivity index (χ3n) is 2.67. The molecule has 0 aromatic carbocycles. The first-order chi connectivity index (χ1) is 7.78. The molecule has 0 atom stereocenters. The van der Waals surface area contributed by atoms with Crippen molar-refractivity contribution in [1.29, 1.82) is 0 Å². The number of nitrogens with zero attached hydrogens (tertiary/aromatic N) is 2. The average molecular weight is 213 g/mol. The molecule has 4 nitrogen and oxygen atoms in total. The van der Waals surface area contributed by atoms with Crippen molar-refractivity contribution in [3.63, 3.8) is 0 Å². The molecule has 0 fully saturated rings. The predicted octanol–water partition coefficient (Wildman–Crippen LogP) is 2.43. The molecule has 0 amide bonds. The summed E-state index contributed by atoms with van der Waals surface area (Å²) in [5, 5.41) is 2.17. The van der Waals surface area contributed by atoms with Gasteiger partial charge in [-0.05, 0) is 19.1 Å². The maximum atomic E-state index is 5.09. The van der Waals surface area contributed by atoms with Crippen molar-refractivity contribution in [3.05, 3.63) is 30.1 Å². The van der Waals surface area contributed by atoms with Crippen molar-refractivity contribution in [2.24, 2.45) is 0 Å². The fourth-order valence-corrected chi connectivity index (χ4v) is 1.86. The summed E-state index contributed by atoms with van der Waals surface area (Å²) in [6.07, 6.45) is 1.81.